The van der Waals surface area contributed by atoms with E-state index in [1.54, 1.807) is 19.1 Å². The molecule has 0 bridgehead atoms. The van der Waals surface area contributed by atoms with Crippen LogP contribution in [0.3, 0.4) is 0 Å². The van der Waals surface area contributed by atoms with Crippen LogP contribution in [0.2, 0.25) is 0 Å². The first-order valence-corrected chi connectivity index (χ1v) is 13.2. The Morgan fingerprint density at radius 1 is 1.05 bits per heavy atom. The summed E-state index contributed by atoms with van der Waals surface area (Å²) >= 11 is 0.978. The molecule has 0 spiro atoms. The minimum atomic E-state index is -4.91. The number of ether oxygens (including phenoxy) is 5. The van der Waals surface area contributed by atoms with E-state index in [1.165, 1.54) is 51.0 Å². The lowest BCUT2D eigenvalue weighted by Crippen LogP contribution is -2.25. The van der Waals surface area contributed by atoms with Crippen LogP contribution in [-0.4, -0.2) is 56.0 Å². The number of methoxy groups -OCH3 is 3. The fraction of sp³-hybridized carbons (Fsp3) is 0.214. The van der Waals surface area contributed by atoms with Crippen molar-refractivity contribution < 1.29 is 46.4 Å². The van der Waals surface area contributed by atoms with Crippen molar-refractivity contribution >= 4 is 45.1 Å². The predicted molar refractivity (Wildman–Crippen MR) is 152 cm³/mol. The van der Waals surface area contributed by atoms with E-state index in [0.717, 1.165) is 28.2 Å². The van der Waals surface area contributed by atoms with E-state index in [-0.39, 0.29) is 33.8 Å². The normalized spacial score (nSPS) is 11.4. The standard InChI is InChI=1S/C28H24F3N3O8S/c1-5-41-27(37)23-18-14-43-25(32-21(35)11-6-15-12-19(38-2)24(40-4)20(13-15)39-3)22(18)26(36)34(33-23)16-7-9-17(10-8-16)42-28(29,30)31/h6-14H,5H2,1-4H3,(H,32,35)/b11-6+. The van der Waals surface area contributed by atoms with Gasteiger partial charge >= 0.3 is 12.3 Å². The van der Waals surface area contributed by atoms with Gasteiger partial charge in [-0.3, -0.25) is 9.59 Å². The van der Waals surface area contributed by atoms with Crippen LogP contribution in [0, 0.1) is 0 Å². The van der Waals surface area contributed by atoms with E-state index in [0.29, 0.717) is 22.8 Å². The van der Waals surface area contributed by atoms with Crippen LogP contribution in [0.15, 0.2) is 52.6 Å². The summed E-state index contributed by atoms with van der Waals surface area (Å²) in [6, 6.07) is 7.59. The van der Waals surface area contributed by atoms with Gasteiger partial charge in [0.1, 0.15) is 10.8 Å². The first-order chi connectivity index (χ1) is 20.5. The number of rotatable bonds is 10. The maximum absolute atomic E-state index is 13.6. The number of nitrogens with one attached hydrogen (secondary N) is 1. The van der Waals surface area contributed by atoms with E-state index in [4.69, 9.17) is 18.9 Å². The molecule has 4 aromatic rings. The van der Waals surface area contributed by atoms with Gasteiger partial charge < -0.3 is 29.0 Å². The van der Waals surface area contributed by atoms with Crippen LogP contribution in [0.25, 0.3) is 22.5 Å². The molecule has 2 heterocycles. The Labute approximate surface area is 246 Å². The molecule has 226 valence electrons. The fourth-order valence-corrected chi connectivity index (χ4v) is 4.92. The molecule has 2 aromatic carbocycles. The Kier molecular flexibility index (Phi) is 9.24. The topological polar surface area (TPSA) is 127 Å². The Bertz CT molecular complexity index is 1720. The van der Waals surface area contributed by atoms with Gasteiger partial charge in [-0.1, -0.05) is 0 Å². The van der Waals surface area contributed by atoms with Crippen molar-refractivity contribution in [2.75, 3.05) is 33.3 Å². The van der Waals surface area contributed by atoms with Crippen molar-refractivity contribution in [3.05, 3.63) is 69.5 Å². The van der Waals surface area contributed by atoms with Gasteiger partial charge in [0.25, 0.3) is 5.56 Å². The summed E-state index contributed by atoms with van der Waals surface area (Å²) < 4.78 is 63.5. The number of thiophene rings is 1. The number of benzene rings is 2. The molecule has 0 aliphatic rings. The molecule has 1 N–H and O–H groups in total. The summed E-state index contributed by atoms with van der Waals surface area (Å²) in [4.78, 5) is 39.2. The van der Waals surface area contributed by atoms with Gasteiger partial charge in [-0.2, -0.15) is 9.78 Å². The summed E-state index contributed by atoms with van der Waals surface area (Å²) in [5.74, 6) is -0.824. The number of fused-ring (bicyclic) bond motifs is 1. The van der Waals surface area contributed by atoms with Gasteiger partial charge in [-0.25, -0.2) is 4.79 Å². The molecule has 0 aliphatic heterocycles. The lowest BCUT2D eigenvalue weighted by Gasteiger charge is -2.12. The van der Waals surface area contributed by atoms with Crippen LogP contribution in [0.5, 0.6) is 23.0 Å². The zero-order valence-electron chi connectivity index (χ0n) is 23.1. The average Bonchev–Trinajstić information content (AvgIpc) is 3.39. The van der Waals surface area contributed by atoms with E-state index < -0.39 is 29.5 Å². The smallest absolute Gasteiger partial charge is 0.493 e. The molecule has 0 saturated carbocycles. The van der Waals surface area contributed by atoms with Crippen LogP contribution in [-0.2, 0) is 9.53 Å². The van der Waals surface area contributed by atoms with Crippen molar-refractivity contribution in [1.82, 2.24) is 9.78 Å². The highest BCUT2D eigenvalue weighted by atomic mass is 32.1. The molecule has 1 amide bonds. The van der Waals surface area contributed by atoms with Crippen LogP contribution in [0.4, 0.5) is 18.2 Å². The molecule has 0 aliphatic carbocycles. The third-order valence-electron chi connectivity index (χ3n) is 5.79. The number of esters is 1. The van der Waals surface area contributed by atoms with E-state index in [1.807, 2.05) is 0 Å². The second-order valence-electron chi connectivity index (χ2n) is 8.46. The Hall–Kier alpha value is -5.05. The van der Waals surface area contributed by atoms with Gasteiger partial charge in [-0.15, -0.1) is 24.5 Å². The lowest BCUT2D eigenvalue weighted by atomic mass is 10.1. The fourth-order valence-electron chi connectivity index (χ4n) is 3.98. The zero-order valence-corrected chi connectivity index (χ0v) is 23.9. The van der Waals surface area contributed by atoms with Crippen molar-refractivity contribution in [3.8, 4) is 28.7 Å². The largest absolute Gasteiger partial charge is 0.573 e. The molecule has 2 aromatic heterocycles. The molecule has 15 heteroatoms. The first kappa shape index (κ1) is 30.9. The molecule has 0 fully saturated rings. The quantitative estimate of drug-likeness (QED) is 0.188. The number of amides is 1. The van der Waals surface area contributed by atoms with Crippen molar-refractivity contribution in [1.29, 1.82) is 0 Å². The minimum Gasteiger partial charge on any atom is -0.493 e. The van der Waals surface area contributed by atoms with E-state index in [2.05, 4.69) is 15.2 Å². The number of aromatic nitrogens is 2. The summed E-state index contributed by atoms with van der Waals surface area (Å²) in [6.07, 6.45) is -2.20. The van der Waals surface area contributed by atoms with E-state index in [9.17, 15) is 27.6 Å². The van der Waals surface area contributed by atoms with Crippen molar-refractivity contribution in [3.63, 3.8) is 0 Å². The Morgan fingerprint density at radius 2 is 1.70 bits per heavy atom. The summed E-state index contributed by atoms with van der Waals surface area (Å²) in [7, 11) is 4.37. The second kappa shape index (κ2) is 12.9. The first-order valence-electron chi connectivity index (χ1n) is 12.4. The average molecular weight is 620 g/mol. The van der Waals surface area contributed by atoms with Crippen LogP contribution >= 0.6 is 11.3 Å². The highest BCUT2D eigenvalue weighted by Crippen LogP contribution is 2.38. The molecule has 11 nitrogen and oxygen atoms in total. The monoisotopic (exact) mass is 619 g/mol. The maximum atomic E-state index is 13.6. The molecule has 4 rings (SSSR count). The molecular formula is C28H24F3N3O8S. The Balaban J connectivity index is 1.72. The highest BCUT2D eigenvalue weighted by molar-refractivity contribution is 7.16. The molecule has 0 atom stereocenters. The Morgan fingerprint density at radius 3 is 2.26 bits per heavy atom. The second-order valence-corrected chi connectivity index (χ2v) is 9.34. The number of hydrogen-bond acceptors (Lipinski definition) is 10. The molecule has 0 saturated heterocycles. The SMILES string of the molecule is CCOC(=O)c1nn(-c2ccc(OC(F)(F)F)cc2)c(=O)c2c(NC(=O)/C=C/c3cc(OC)c(OC)c(OC)c3)scc12. The maximum Gasteiger partial charge on any atom is 0.573 e. The third kappa shape index (κ3) is 6.89. The van der Waals surface area contributed by atoms with Crippen LogP contribution in [0.1, 0.15) is 23.0 Å². The highest BCUT2D eigenvalue weighted by Gasteiger charge is 2.31. The number of hydrogen-bond donors (Lipinski definition) is 1. The van der Waals surface area contributed by atoms with Crippen LogP contribution < -0.4 is 29.8 Å². The van der Waals surface area contributed by atoms with E-state index >= 15 is 0 Å². The lowest BCUT2D eigenvalue weighted by molar-refractivity contribution is -0.274. The predicted octanol–water partition coefficient (Wildman–Crippen LogP) is 5.20. The molecule has 0 radical (unpaired) electrons. The van der Waals surface area contributed by atoms with Crippen molar-refractivity contribution in [2.45, 2.75) is 13.3 Å². The molecular weight excluding hydrogens is 595 g/mol. The molecule has 43 heavy (non-hydrogen) atoms. The van der Waals surface area contributed by atoms with Gasteiger partial charge in [0.2, 0.25) is 11.7 Å². The number of carbonyl (C=O) groups is 2. The number of alkyl halides is 3. The number of nitrogens with zero attached hydrogens (tertiary/aromatic N) is 2. The number of anilines is 1. The third-order valence-corrected chi connectivity index (χ3v) is 6.68. The summed E-state index contributed by atoms with van der Waals surface area (Å²) in [5, 5.41) is 8.42. The minimum absolute atomic E-state index is 0.0179. The number of carbonyl (C=O) groups excluding carboxylic acids is 2. The molecule has 0 unspecified atom stereocenters. The number of halogens is 3. The van der Waals surface area contributed by atoms with Crippen molar-refractivity contribution in [2.24, 2.45) is 0 Å². The van der Waals surface area contributed by atoms with Gasteiger partial charge in [0, 0.05) is 16.8 Å². The summed E-state index contributed by atoms with van der Waals surface area (Å²) in [6.45, 7) is 1.61. The zero-order chi connectivity index (χ0) is 31.3. The van der Waals surface area contributed by atoms with Gasteiger partial charge in [0.05, 0.1) is 39.0 Å². The summed E-state index contributed by atoms with van der Waals surface area (Å²) in [5.41, 5.74) is -0.373. The van der Waals surface area contributed by atoms with Gasteiger partial charge in [-0.05, 0) is 55.0 Å². The van der Waals surface area contributed by atoms with Gasteiger partial charge in [0.15, 0.2) is 17.2 Å².